The number of pyridine rings is 1. The van der Waals surface area contributed by atoms with Crippen molar-refractivity contribution >= 4 is 22.8 Å². The number of nitrogens with zero attached hydrogens (tertiary/aromatic N) is 5. The first kappa shape index (κ1) is 19.1. The molecule has 3 aromatic heterocycles. The third kappa shape index (κ3) is 4.13. The molecule has 9 heteroatoms. The zero-order valence-corrected chi connectivity index (χ0v) is 16.6. The van der Waals surface area contributed by atoms with Gasteiger partial charge in [0.1, 0.15) is 5.76 Å². The normalized spacial score (nSPS) is 15.0. The fourth-order valence-corrected chi connectivity index (χ4v) is 3.69. The first-order valence-corrected chi connectivity index (χ1v) is 9.76. The number of likely N-dealkylation sites (tertiary alicyclic amines) is 1. The van der Waals surface area contributed by atoms with E-state index in [1.165, 1.54) is 0 Å². The van der Waals surface area contributed by atoms with E-state index in [2.05, 4.69) is 20.1 Å². The van der Waals surface area contributed by atoms with Crippen molar-refractivity contribution in [2.45, 2.75) is 31.6 Å². The smallest absolute Gasteiger partial charge is 0.259 e. The van der Waals surface area contributed by atoms with Gasteiger partial charge in [-0.05, 0) is 18.9 Å². The fourth-order valence-electron chi connectivity index (χ4n) is 3.69. The van der Waals surface area contributed by atoms with Gasteiger partial charge in [0, 0.05) is 63.9 Å². The van der Waals surface area contributed by atoms with Gasteiger partial charge in [0.05, 0.1) is 17.1 Å². The number of hydrogen-bond donors (Lipinski definition) is 1. The van der Waals surface area contributed by atoms with E-state index in [1.807, 2.05) is 30.0 Å². The lowest BCUT2D eigenvalue weighted by Gasteiger charge is -2.32. The number of aromatic amines is 1. The first-order valence-electron chi connectivity index (χ1n) is 9.76. The van der Waals surface area contributed by atoms with Crippen molar-refractivity contribution in [3.63, 3.8) is 0 Å². The number of carbonyl (C=O) groups is 1. The molecule has 1 saturated heterocycles. The third-order valence-corrected chi connectivity index (χ3v) is 5.36. The van der Waals surface area contributed by atoms with Crippen molar-refractivity contribution in [1.29, 1.82) is 0 Å². The zero-order chi connectivity index (χ0) is 20.4. The van der Waals surface area contributed by atoms with Gasteiger partial charge in [-0.15, -0.1) is 0 Å². The molecular formula is C20H24N6O3. The topological polar surface area (TPSA) is 108 Å². The Labute approximate surface area is 167 Å². The Balaban J connectivity index is 1.43. The Morgan fingerprint density at radius 1 is 1.34 bits per heavy atom. The molecule has 0 atom stereocenters. The Kier molecular flexibility index (Phi) is 5.28. The second-order valence-corrected chi connectivity index (χ2v) is 7.55. The number of rotatable bonds is 5. The molecule has 1 aliphatic heterocycles. The minimum atomic E-state index is -0.173. The van der Waals surface area contributed by atoms with Crippen LogP contribution >= 0.6 is 0 Å². The molecule has 152 valence electrons. The Morgan fingerprint density at radius 2 is 2.14 bits per heavy atom. The Morgan fingerprint density at radius 3 is 2.83 bits per heavy atom. The summed E-state index contributed by atoms with van der Waals surface area (Å²) in [5, 5.41) is 4.14. The van der Waals surface area contributed by atoms with Crippen molar-refractivity contribution in [3.8, 4) is 0 Å². The number of amides is 1. The van der Waals surface area contributed by atoms with Crippen LogP contribution in [0.15, 0.2) is 33.8 Å². The summed E-state index contributed by atoms with van der Waals surface area (Å²) >= 11 is 0. The molecule has 1 N–H and O–H groups in total. The average Bonchev–Trinajstić information content (AvgIpc) is 3.25. The highest BCUT2D eigenvalue weighted by Crippen LogP contribution is 2.28. The van der Waals surface area contributed by atoms with Gasteiger partial charge in [-0.1, -0.05) is 5.16 Å². The molecule has 0 radical (unpaired) electrons. The second kappa shape index (κ2) is 8.02. The van der Waals surface area contributed by atoms with Gasteiger partial charge in [0.25, 0.3) is 5.56 Å². The number of aryl methyl sites for hydroxylation is 1. The molecule has 3 aromatic rings. The first-order chi connectivity index (χ1) is 14.0. The van der Waals surface area contributed by atoms with Gasteiger partial charge >= 0.3 is 0 Å². The van der Waals surface area contributed by atoms with E-state index in [9.17, 15) is 9.59 Å². The molecule has 0 aliphatic carbocycles. The largest absolute Gasteiger partial charge is 0.361 e. The summed E-state index contributed by atoms with van der Waals surface area (Å²) in [5.41, 5.74) is 1.35. The van der Waals surface area contributed by atoms with E-state index < -0.39 is 0 Å². The maximum absolute atomic E-state index is 12.5. The van der Waals surface area contributed by atoms with E-state index in [-0.39, 0.29) is 17.4 Å². The van der Waals surface area contributed by atoms with E-state index in [4.69, 9.17) is 4.52 Å². The van der Waals surface area contributed by atoms with Crippen molar-refractivity contribution < 1.29 is 9.32 Å². The van der Waals surface area contributed by atoms with Crippen LogP contribution < -0.4 is 10.5 Å². The third-order valence-electron chi connectivity index (χ3n) is 5.36. The standard InChI is InChI=1S/C20H24N6O3/c1-25(2)20-21-12-15-17(24-20)11-16(23-19(15)28)13-6-9-26(10-7-13)18(27)4-3-14-5-8-22-29-14/h5,8,11-13H,3-4,6-7,9-10H2,1-2H3,(H,23,28). The Bertz CT molecular complexity index is 1050. The van der Waals surface area contributed by atoms with Crippen LogP contribution in [-0.2, 0) is 11.2 Å². The van der Waals surface area contributed by atoms with Gasteiger partial charge in [-0.3, -0.25) is 9.59 Å². The number of hydrogen-bond acceptors (Lipinski definition) is 7. The van der Waals surface area contributed by atoms with E-state index in [0.29, 0.717) is 42.8 Å². The van der Waals surface area contributed by atoms with Gasteiger partial charge < -0.3 is 19.3 Å². The van der Waals surface area contributed by atoms with Gasteiger partial charge in [-0.2, -0.15) is 0 Å². The molecule has 1 aliphatic rings. The zero-order valence-electron chi connectivity index (χ0n) is 16.6. The lowest BCUT2D eigenvalue weighted by atomic mass is 9.92. The number of aromatic nitrogens is 4. The molecule has 0 saturated carbocycles. The van der Waals surface area contributed by atoms with E-state index in [1.54, 1.807) is 18.5 Å². The highest BCUT2D eigenvalue weighted by atomic mass is 16.5. The molecule has 1 fully saturated rings. The number of anilines is 1. The van der Waals surface area contributed by atoms with Crippen LogP contribution in [0.4, 0.5) is 5.95 Å². The summed E-state index contributed by atoms with van der Waals surface area (Å²) in [7, 11) is 3.73. The number of H-pyrrole nitrogens is 1. The predicted molar refractivity (Wildman–Crippen MR) is 108 cm³/mol. The lowest BCUT2D eigenvalue weighted by molar-refractivity contribution is -0.132. The van der Waals surface area contributed by atoms with Crippen molar-refractivity contribution in [3.05, 3.63) is 46.3 Å². The Hall–Kier alpha value is -3.23. The minimum absolute atomic E-state index is 0.121. The fraction of sp³-hybridized carbons (Fsp3) is 0.450. The van der Waals surface area contributed by atoms with Crippen molar-refractivity contribution in [1.82, 2.24) is 25.0 Å². The second-order valence-electron chi connectivity index (χ2n) is 7.55. The van der Waals surface area contributed by atoms with Crippen molar-refractivity contribution in [2.24, 2.45) is 0 Å². The summed E-state index contributed by atoms with van der Waals surface area (Å²) in [6.07, 6.45) is 5.74. The minimum Gasteiger partial charge on any atom is -0.361 e. The highest BCUT2D eigenvalue weighted by molar-refractivity contribution is 5.78. The maximum Gasteiger partial charge on any atom is 0.259 e. The summed E-state index contributed by atoms with van der Waals surface area (Å²) in [6.45, 7) is 1.35. The van der Waals surface area contributed by atoms with Crippen LogP contribution in [-0.4, -0.2) is 58.1 Å². The molecule has 9 nitrogen and oxygen atoms in total. The van der Waals surface area contributed by atoms with Gasteiger partial charge in [0.15, 0.2) is 0 Å². The summed E-state index contributed by atoms with van der Waals surface area (Å²) in [6, 6.07) is 3.72. The van der Waals surface area contributed by atoms with Crippen LogP contribution in [0.25, 0.3) is 10.9 Å². The molecule has 29 heavy (non-hydrogen) atoms. The molecule has 4 heterocycles. The van der Waals surface area contributed by atoms with Gasteiger partial charge in [-0.25, -0.2) is 9.97 Å². The van der Waals surface area contributed by atoms with Crippen LogP contribution in [0, 0.1) is 0 Å². The quantitative estimate of drug-likeness (QED) is 0.699. The van der Waals surface area contributed by atoms with Gasteiger partial charge in [0.2, 0.25) is 11.9 Å². The number of carbonyl (C=O) groups excluding carboxylic acids is 1. The van der Waals surface area contributed by atoms with Crippen LogP contribution in [0.2, 0.25) is 0 Å². The number of fused-ring (bicyclic) bond motifs is 1. The molecule has 0 aromatic carbocycles. The summed E-state index contributed by atoms with van der Waals surface area (Å²) in [4.78, 5) is 40.3. The summed E-state index contributed by atoms with van der Waals surface area (Å²) in [5.74, 6) is 1.61. The average molecular weight is 396 g/mol. The lowest BCUT2D eigenvalue weighted by Crippen LogP contribution is -2.38. The molecule has 4 rings (SSSR count). The van der Waals surface area contributed by atoms with Crippen LogP contribution in [0.5, 0.6) is 0 Å². The number of piperidine rings is 1. The van der Waals surface area contributed by atoms with Crippen LogP contribution in [0.1, 0.15) is 36.6 Å². The summed E-state index contributed by atoms with van der Waals surface area (Å²) < 4.78 is 5.05. The SMILES string of the molecule is CN(C)c1ncc2c(=O)[nH]c(C3CCN(C(=O)CCc4ccno4)CC3)cc2n1. The predicted octanol–water partition coefficient (Wildman–Crippen LogP) is 1.71. The number of nitrogens with one attached hydrogen (secondary N) is 1. The maximum atomic E-state index is 12.5. The van der Waals surface area contributed by atoms with Crippen LogP contribution in [0.3, 0.4) is 0 Å². The van der Waals surface area contributed by atoms with E-state index >= 15 is 0 Å². The highest BCUT2D eigenvalue weighted by Gasteiger charge is 2.25. The molecular weight excluding hydrogens is 372 g/mol. The molecule has 0 bridgehead atoms. The van der Waals surface area contributed by atoms with Crippen molar-refractivity contribution in [2.75, 3.05) is 32.1 Å². The molecule has 0 unspecified atom stereocenters. The monoisotopic (exact) mass is 396 g/mol. The molecule has 1 amide bonds. The van der Waals surface area contributed by atoms with E-state index in [0.717, 1.165) is 24.3 Å². The molecule has 0 spiro atoms.